The molecule has 12 nitrogen and oxygen atoms in total. The zero-order chi connectivity index (χ0) is 41.8. The van der Waals surface area contributed by atoms with Gasteiger partial charge in [-0.1, -0.05) is 6.07 Å². The van der Waals surface area contributed by atoms with Crippen LogP contribution in [0.3, 0.4) is 0 Å². The number of carbonyl (C=O) groups excluding carboxylic acids is 4. The van der Waals surface area contributed by atoms with Crippen molar-refractivity contribution in [3.05, 3.63) is 77.4 Å². The number of nitriles is 1. The number of benzene rings is 3. The molecule has 0 aromatic heterocycles. The molecule has 1 atom stereocenters. The molecule has 0 spiro atoms. The zero-order valence-corrected chi connectivity index (χ0v) is 32.8. The number of ether oxygens (including phenoxy) is 1. The fourth-order valence-corrected chi connectivity index (χ4v) is 8.02. The monoisotopic (exact) mass is 821 g/mol. The summed E-state index contributed by atoms with van der Waals surface area (Å²) in [7, 11) is 0. The molecular weight excluding hydrogens is 779 g/mol. The van der Waals surface area contributed by atoms with Crippen LogP contribution in [-0.4, -0.2) is 78.1 Å². The van der Waals surface area contributed by atoms with Crippen LogP contribution in [0, 0.1) is 17.2 Å². The number of amides is 4. The summed E-state index contributed by atoms with van der Waals surface area (Å²) in [4.78, 5) is 54.7. The maximum atomic E-state index is 13.8. The molecule has 3 fully saturated rings. The van der Waals surface area contributed by atoms with E-state index in [0.717, 1.165) is 49.4 Å². The number of hydrogen-bond acceptors (Lipinski definition) is 9. The Labute approximate surface area is 338 Å². The van der Waals surface area contributed by atoms with Gasteiger partial charge in [0.25, 0.3) is 5.91 Å². The lowest BCUT2D eigenvalue weighted by molar-refractivity contribution is -0.138. The third-order valence-electron chi connectivity index (χ3n) is 10.6. The molecule has 3 aromatic carbocycles. The van der Waals surface area contributed by atoms with Gasteiger partial charge in [0.2, 0.25) is 17.7 Å². The van der Waals surface area contributed by atoms with E-state index in [2.05, 4.69) is 20.9 Å². The molecule has 0 saturated carbocycles. The maximum absolute atomic E-state index is 13.8. The number of thiocarbonyl (C=S) groups is 1. The third kappa shape index (κ3) is 9.40. The van der Waals surface area contributed by atoms with Gasteiger partial charge in [-0.25, -0.2) is 0 Å². The van der Waals surface area contributed by atoms with E-state index in [9.17, 15) is 42.0 Å². The van der Waals surface area contributed by atoms with Crippen LogP contribution in [0.1, 0.15) is 62.6 Å². The molecule has 0 bridgehead atoms. The zero-order valence-electron chi connectivity index (χ0n) is 32.0. The molecule has 3 N–H and O–H groups in total. The Bertz CT molecular complexity index is 2130. The van der Waals surface area contributed by atoms with Crippen LogP contribution in [0.2, 0.25) is 0 Å². The van der Waals surface area contributed by atoms with Crippen molar-refractivity contribution in [3.8, 4) is 11.8 Å². The number of nitrogens with one attached hydrogen (secondary N) is 3. The third-order valence-corrected chi connectivity index (χ3v) is 11.0. The first-order chi connectivity index (χ1) is 27.6. The quantitative estimate of drug-likeness (QED) is 0.101. The summed E-state index contributed by atoms with van der Waals surface area (Å²) in [5.74, 6) is -0.583. The Morgan fingerprint density at radius 3 is 2.43 bits per heavy atom. The van der Waals surface area contributed by atoms with Crippen LogP contribution < -0.4 is 30.5 Å². The van der Waals surface area contributed by atoms with Crippen molar-refractivity contribution in [2.45, 2.75) is 70.1 Å². The number of imide groups is 1. The van der Waals surface area contributed by atoms with Crippen molar-refractivity contribution < 1.29 is 41.5 Å². The van der Waals surface area contributed by atoms with Crippen molar-refractivity contribution >= 4 is 63.7 Å². The minimum Gasteiger partial charge on any atom is -0.493 e. The van der Waals surface area contributed by atoms with E-state index >= 15 is 0 Å². The highest BCUT2D eigenvalue weighted by atomic mass is 32.1. The highest BCUT2D eigenvalue weighted by Gasteiger charge is 2.51. The summed E-state index contributed by atoms with van der Waals surface area (Å²) in [6.07, 6.45) is -1.71. The first-order valence-electron chi connectivity index (χ1n) is 18.9. The molecule has 3 aromatic rings. The Kier molecular flexibility index (Phi) is 12.7. The van der Waals surface area contributed by atoms with Gasteiger partial charge in [0.15, 0.2) is 5.11 Å². The van der Waals surface area contributed by atoms with Crippen LogP contribution in [0.15, 0.2) is 60.7 Å². The smallest absolute Gasteiger partial charge is 0.417 e. The van der Waals surface area contributed by atoms with Crippen LogP contribution >= 0.6 is 12.2 Å². The number of rotatable bonds is 13. The van der Waals surface area contributed by atoms with Crippen molar-refractivity contribution in [1.82, 2.24) is 10.2 Å². The molecule has 0 radical (unpaired) electrons. The second-order valence-electron chi connectivity index (χ2n) is 15.0. The fourth-order valence-electron chi connectivity index (χ4n) is 7.49. The molecule has 3 heterocycles. The van der Waals surface area contributed by atoms with Gasteiger partial charge >= 0.3 is 6.18 Å². The van der Waals surface area contributed by atoms with Crippen LogP contribution in [-0.2, 0) is 31.8 Å². The largest absolute Gasteiger partial charge is 0.493 e. The second-order valence-corrected chi connectivity index (χ2v) is 15.4. The van der Waals surface area contributed by atoms with Gasteiger partial charge in [-0.3, -0.25) is 38.7 Å². The molecule has 17 heteroatoms. The molecule has 0 aliphatic carbocycles. The number of likely N-dealkylation sites (tertiary alicyclic amines) is 1. The van der Waals surface area contributed by atoms with Gasteiger partial charge in [-0.05, 0) is 131 Å². The minimum atomic E-state index is -4.83. The van der Waals surface area contributed by atoms with Gasteiger partial charge in [-0.2, -0.15) is 18.4 Å². The van der Waals surface area contributed by atoms with Crippen molar-refractivity contribution in [1.29, 1.82) is 5.26 Å². The molecule has 1 unspecified atom stereocenters. The lowest BCUT2D eigenvalue weighted by Gasteiger charge is -2.31. The molecule has 6 rings (SSSR count). The first-order valence-corrected chi connectivity index (χ1v) is 19.3. The van der Waals surface area contributed by atoms with Crippen LogP contribution in [0.25, 0.3) is 0 Å². The van der Waals surface area contributed by atoms with Crippen molar-refractivity contribution in [2.75, 3.05) is 53.3 Å². The Balaban J connectivity index is 1.01. The number of hydrogen-bond donors (Lipinski definition) is 3. The standard InChI is InChI=1S/C41H43F4N7O5S/c1-40(2)38(56)51(30-7-6-27(23-46)32(22-30)41(43,44)45)39(58)52(40)31-8-10-34(26(20-31)12-16-42)57-19-15-25-13-17-50(18-14-25)24-36(54)48-29-5-3-4-28(21-29)47-33-9-11-35(53)49-37(33)55/h3-8,10,20-22,25,33,47H,9,11-19,24H2,1-2H3,(H,48,54)(H,49,53,55). The minimum absolute atomic E-state index is 0.0214. The number of aryl methyl sites for hydroxylation is 1. The number of nitrogens with zero attached hydrogens (tertiary/aromatic N) is 4. The normalized spacial score (nSPS) is 18.9. The lowest BCUT2D eigenvalue weighted by Crippen LogP contribution is -2.47. The lowest BCUT2D eigenvalue weighted by atomic mass is 9.94. The van der Waals surface area contributed by atoms with E-state index in [0.29, 0.717) is 47.3 Å². The molecule has 4 amide bonds. The average Bonchev–Trinajstić information content (AvgIpc) is 3.35. The van der Waals surface area contributed by atoms with Gasteiger partial charge in [0.1, 0.15) is 17.3 Å². The van der Waals surface area contributed by atoms with Crippen LogP contribution in [0.4, 0.5) is 40.3 Å². The average molecular weight is 822 g/mol. The number of alkyl halides is 4. The molecule has 3 aliphatic rings. The van der Waals surface area contributed by atoms with Gasteiger partial charge < -0.3 is 20.3 Å². The fraction of sp³-hybridized carbons (Fsp3) is 0.415. The topological polar surface area (TPSA) is 147 Å². The SMILES string of the molecule is CC1(C)C(=O)N(c2ccc(C#N)c(C(F)(F)F)c2)C(=S)N1c1ccc(OCCC2CCN(CC(=O)Nc3cccc(NC4CCC(=O)NC4=O)c3)CC2)c(CCF)c1. The van der Waals surface area contributed by atoms with E-state index in [1.165, 1.54) is 17.0 Å². The van der Waals surface area contributed by atoms with Gasteiger partial charge in [0, 0.05) is 29.9 Å². The van der Waals surface area contributed by atoms with E-state index < -0.39 is 41.5 Å². The predicted molar refractivity (Wildman–Crippen MR) is 213 cm³/mol. The van der Waals surface area contributed by atoms with Crippen molar-refractivity contribution in [2.24, 2.45) is 5.92 Å². The van der Waals surface area contributed by atoms with Crippen LogP contribution in [0.5, 0.6) is 5.75 Å². The Morgan fingerprint density at radius 2 is 1.74 bits per heavy atom. The molecule has 58 heavy (non-hydrogen) atoms. The predicted octanol–water partition coefficient (Wildman–Crippen LogP) is 6.34. The molecular formula is C41H43F4N7O5S. The summed E-state index contributed by atoms with van der Waals surface area (Å²) in [6, 6.07) is 16.1. The molecule has 3 aliphatic heterocycles. The molecule has 306 valence electrons. The number of anilines is 4. The van der Waals surface area contributed by atoms with E-state index in [-0.39, 0.29) is 47.9 Å². The molecule has 3 saturated heterocycles. The van der Waals surface area contributed by atoms with E-state index in [4.69, 9.17) is 17.0 Å². The Morgan fingerprint density at radius 1 is 1.02 bits per heavy atom. The first kappa shape index (κ1) is 42.0. The number of halogens is 4. The van der Waals surface area contributed by atoms with E-state index in [1.807, 2.05) is 0 Å². The maximum Gasteiger partial charge on any atom is 0.417 e. The van der Waals surface area contributed by atoms with Gasteiger partial charge in [0.05, 0.1) is 42.7 Å². The Hall–Kier alpha value is -5.60. The summed E-state index contributed by atoms with van der Waals surface area (Å²) >= 11 is 5.66. The van der Waals surface area contributed by atoms with Gasteiger partial charge in [-0.15, -0.1) is 0 Å². The number of piperidine rings is 2. The van der Waals surface area contributed by atoms with Crippen molar-refractivity contribution in [3.63, 3.8) is 0 Å². The second kappa shape index (κ2) is 17.5. The highest BCUT2D eigenvalue weighted by molar-refractivity contribution is 7.81. The van der Waals surface area contributed by atoms with E-state index in [1.54, 1.807) is 56.3 Å². The highest BCUT2D eigenvalue weighted by Crippen LogP contribution is 2.41. The summed E-state index contributed by atoms with van der Waals surface area (Å²) in [6.45, 7) is 4.54. The number of carbonyl (C=O) groups is 4. The summed E-state index contributed by atoms with van der Waals surface area (Å²) < 4.78 is 61.2. The summed E-state index contributed by atoms with van der Waals surface area (Å²) in [5.41, 5.74) is -0.967. The summed E-state index contributed by atoms with van der Waals surface area (Å²) in [5, 5.41) is 17.5.